The maximum atomic E-state index is 13.8. The molecule has 0 spiro atoms. The summed E-state index contributed by atoms with van der Waals surface area (Å²) < 4.78 is 40.2. The summed E-state index contributed by atoms with van der Waals surface area (Å²) >= 11 is 0. The average molecular weight is 301 g/mol. The Morgan fingerprint density at radius 1 is 1.33 bits per heavy atom. The van der Waals surface area contributed by atoms with Crippen molar-refractivity contribution in [3.8, 4) is 0 Å². The van der Waals surface area contributed by atoms with Gasteiger partial charge in [0.25, 0.3) is 0 Å². The van der Waals surface area contributed by atoms with Gasteiger partial charge in [0.1, 0.15) is 11.6 Å². The predicted molar refractivity (Wildman–Crippen MR) is 67.4 cm³/mol. The summed E-state index contributed by atoms with van der Waals surface area (Å²) in [4.78, 5) is 23.7. The molecule has 0 aromatic heterocycles. The highest BCUT2D eigenvalue weighted by atomic mass is 19.1. The normalized spacial score (nSPS) is 21.6. The van der Waals surface area contributed by atoms with Gasteiger partial charge in [0.15, 0.2) is 0 Å². The minimum atomic E-state index is -2.42. The molecular weight excluding hydrogens is 287 g/mol. The van der Waals surface area contributed by atoms with Crippen LogP contribution in [-0.2, 0) is 16.0 Å². The second-order valence-corrected chi connectivity index (χ2v) is 5.07. The van der Waals surface area contributed by atoms with Crippen LogP contribution in [0.1, 0.15) is 18.4 Å². The molecule has 1 unspecified atom stereocenters. The summed E-state index contributed by atoms with van der Waals surface area (Å²) in [5, 5.41) is 8.74. The van der Waals surface area contributed by atoms with Crippen LogP contribution < -0.4 is 0 Å². The van der Waals surface area contributed by atoms with Crippen LogP contribution in [0.4, 0.5) is 13.2 Å². The topological polar surface area (TPSA) is 57.6 Å². The molecule has 1 aliphatic heterocycles. The molecule has 1 aliphatic rings. The second-order valence-electron chi connectivity index (χ2n) is 5.07. The van der Waals surface area contributed by atoms with Gasteiger partial charge in [-0.15, -0.1) is 0 Å². The molecule has 0 bridgehead atoms. The number of benzene rings is 1. The van der Waals surface area contributed by atoms with Crippen molar-refractivity contribution in [2.45, 2.75) is 24.9 Å². The fourth-order valence-electron chi connectivity index (χ4n) is 2.29. The zero-order chi connectivity index (χ0) is 15.6. The average Bonchev–Trinajstić information content (AvgIpc) is 2.84. The lowest BCUT2D eigenvalue weighted by Gasteiger charge is -2.17. The van der Waals surface area contributed by atoms with Crippen molar-refractivity contribution in [3.05, 3.63) is 35.4 Å². The number of halogens is 3. The quantitative estimate of drug-likeness (QED) is 0.924. The van der Waals surface area contributed by atoms with Crippen LogP contribution in [-0.4, -0.2) is 40.6 Å². The third-order valence-corrected chi connectivity index (χ3v) is 3.57. The first kappa shape index (κ1) is 15.3. The predicted octanol–water partition coefficient (Wildman–Crippen LogP) is 1.92. The van der Waals surface area contributed by atoms with E-state index in [1.807, 2.05) is 0 Å². The summed E-state index contributed by atoms with van der Waals surface area (Å²) in [6, 6.07) is 2.96. The van der Waals surface area contributed by atoms with Crippen molar-refractivity contribution in [1.82, 2.24) is 4.90 Å². The smallest absolute Gasteiger partial charge is 0.343 e. The number of rotatable bonds is 4. The molecule has 1 heterocycles. The molecule has 1 aromatic rings. The number of likely N-dealkylation sites (tertiary alicyclic amines) is 1. The van der Waals surface area contributed by atoms with E-state index in [1.165, 1.54) is 0 Å². The van der Waals surface area contributed by atoms with Gasteiger partial charge < -0.3 is 10.0 Å². The SMILES string of the molecule is O=C(CCc1cc(F)ccc1F)N1CCC(F)(C(=O)O)C1. The number of nitrogens with zero attached hydrogens (tertiary/aromatic N) is 1. The molecule has 1 saturated heterocycles. The lowest BCUT2D eigenvalue weighted by molar-refractivity contribution is -0.150. The number of hydrogen-bond donors (Lipinski definition) is 1. The number of hydrogen-bond acceptors (Lipinski definition) is 2. The standard InChI is InChI=1S/C14H14F3NO3/c15-10-2-3-11(16)9(7-10)1-4-12(19)18-6-5-14(17,8-18)13(20)21/h2-3,7H,1,4-6,8H2,(H,20,21). The first-order chi connectivity index (χ1) is 9.82. The van der Waals surface area contributed by atoms with E-state index in [0.29, 0.717) is 0 Å². The Labute approximate surface area is 119 Å². The van der Waals surface area contributed by atoms with E-state index in [0.717, 1.165) is 23.1 Å². The zero-order valence-corrected chi connectivity index (χ0v) is 11.1. The lowest BCUT2D eigenvalue weighted by Crippen LogP contribution is -2.39. The van der Waals surface area contributed by atoms with Gasteiger partial charge in [-0.2, -0.15) is 0 Å². The van der Waals surface area contributed by atoms with Crippen LogP contribution in [0.2, 0.25) is 0 Å². The monoisotopic (exact) mass is 301 g/mol. The lowest BCUT2D eigenvalue weighted by atomic mass is 10.1. The van der Waals surface area contributed by atoms with Gasteiger partial charge in [0, 0.05) is 19.4 Å². The van der Waals surface area contributed by atoms with Crippen molar-refractivity contribution in [2.75, 3.05) is 13.1 Å². The van der Waals surface area contributed by atoms with E-state index < -0.39 is 35.7 Å². The fraction of sp³-hybridized carbons (Fsp3) is 0.429. The molecule has 0 aliphatic carbocycles. The van der Waals surface area contributed by atoms with Crippen LogP contribution in [0.15, 0.2) is 18.2 Å². The Morgan fingerprint density at radius 2 is 2.05 bits per heavy atom. The van der Waals surface area contributed by atoms with Crippen LogP contribution in [0, 0.1) is 11.6 Å². The number of aryl methyl sites for hydroxylation is 1. The highest BCUT2D eigenvalue weighted by Gasteiger charge is 2.46. The minimum Gasteiger partial charge on any atom is -0.479 e. The zero-order valence-electron chi connectivity index (χ0n) is 11.1. The van der Waals surface area contributed by atoms with E-state index in [1.54, 1.807) is 0 Å². The van der Waals surface area contributed by atoms with Gasteiger partial charge in [-0.05, 0) is 30.2 Å². The molecular formula is C14H14F3NO3. The number of alkyl halides is 1. The third kappa shape index (κ3) is 3.34. The van der Waals surface area contributed by atoms with Crippen LogP contribution in [0.5, 0.6) is 0 Å². The van der Waals surface area contributed by atoms with Gasteiger partial charge in [-0.25, -0.2) is 18.0 Å². The Bertz CT molecular complexity index is 579. The van der Waals surface area contributed by atoms with Gasteiger partial charge in [0.05, 0.1) is 6.54 Å². The molecule has 1 N–H and O–H groups in total. The molecule has 0 radical (unpaired) electrons. The van der Waals surface area contributed by atoms with Crippen LogP contribution in [0.3, 0.4) is 0 Å². The van der Waals surface area contributed by atoms with Gasteiger partial charge in [0.2, 0.25) is 11.6 Å². The molecule has 1 atom stereocenters. The molecule has 114 valence electrons. The molecule has 2 rings (SSSR count). The Morgan fingerprint density at radius 3 is 2.67 bits per heavy atom. The Hall–Kier alpha value is -2.05. The minimum absolute atomic E-state index is 0.00721. The fourth-order valence-corrected chi connectivity index (χ4v) is 2.29. The molecule has 0 saturated carbocycles. The molecule has 7 heteroatoms. The Balaban J connectivity index is 1.94. The van der Waals surface area contributed by atoms with E-state index in [-0.39, 0.29) is 31.4 Å². The number of carbonyl (C=O) groups excluding carboxylic acids is 1. The summed E-state index contributed by atoms with van der Waals surface area (Å²) in [6.07, 6.45) is -0.413. The first-order valence-corrected chi connectivity index (χ1v) is 6.46. The number of carboxylic acid groups (broad SMARTS) is 1. The highest BCUT2D eigenvalue weighted by Crippen LogP contribution is 2.26. The van der Waals surface area contributed by atoms with Crippen molar-refractivity contribution in [1.29, 1.82) is 0 Å². The maximum absolute atomic E-state index is 13.8. The molecule has 4 nitrogen and oxygen atoms in total. The van der Waals surface area contributed by atoms with Crippen LogP contribution in [0.25, 0.3) is 0 Å². The Kier molecular flexibility index (Phi) is 4.20. The van der Waals surface area contributed by atoms with Gasteiger partial charge in [-0.3, -0.25) is 4.79 Å². The van der Waals surface area contributed by atoms with Gasteiger partial charge >= 0.3 is 5.97 Å². The summed E-state index contributed by atoms with van der Waals surface area (Å²) in [7, 11) is 0. The number of carboxylic acids is 1. The highest BCUT2D eigenvalue weighted by molar-refractivity contribution is 5.82. The van der Waals surface area contributed by atoms with E-state index in [4.69, 9.17) is 5.11 Å². The molecule has 1 amide bonds. The van der Waals surface area contributed by atoms with E-state index >= 15 is 0 Å². The van der Waals surface area contributed by atoms with Crippen LogP contribution >= 0.6 is 0 Å². The van der Waals surface area contributed by atoms with E-state index in [2.05, 4.69) is 0 Å². The summed E-state index contributed by atoms with van der Waals surface area (Å²) in [6.45, 7) is -0.500. The number of carbonyl (C=O) groups is 2. The van der Waals surface area contributed by atoms with Crippen molar-refractivity contribution in [3.63, 3.8) is 0 Å². The molecule has 1 fully saturated rings. The third-order valence-electron chi connectivity index (χ3n) is 3.57. The molecule has 21 heavy (non-hydrogen) atoms. The number of amides is 1. The summed E-state index contributed by atoms with van der Waals surface area (Å²) in [5.74, 6) is -3.28. The van der Waals surface area contributed by atoms with Gasteiger partial charge in [-0.1, -0.05) is 0 Å². The number of aliphatic carboxylic acids is 1. The largest absolute Gasteiger partial charge is 0.479 e. The van der Waals surface area contributed by atoms with Crippen molar-refractivity contribution in [2.24, 2.45) is 0 Å². The first-order valence-electron chi connectivity index (χ1n) is 6.46. The maximum Gasteiger partial charge on any atom is 0.343 e. The summed E-state index contributed by atoms with van der Waals surface area (Å²) in [5.41, 5.74) is -2.35. The van der Waals surface area contributed by atoms with E-state index in [9.17, 15) is 22.8 Å². The molecule has 1 aromatic carbocycles. The van der Waals surface area contributed by atoms with Crippen molar-refractivity contribution >= 4 is 11.9 Å². The van der Waals surface area contributed by atoms with Crippen molar-refractivity contribution < 1.29 is 27.9 Å². The second kappa shape index (κ2) is 5.75.